The first-order valence-electron chi connectivity index (χ1n) is 9.82. The van der Waals surface area contributed by atoms with Crippen LogP contribution in [-0.4, -0.2) is 135 Å². The van der Waals surface area contributed by atoms with Crippen molar-refractivity contribution < 1.29 is 44.1 Å². The zero-order valence-electron chi connectivity index (χ0n) is 17.1. The van der Waals surface area contributed by atoms with Gasteiger partial charge in [-0.05, 0) is 0 Å². The summed E-state index contributed by atoms with van der Waals surface area (Å²) in [4.78, 5) is 0. The van der Waals surface area contributed by atoms with Crippen molar-refractivity contribution in [1.82, 2.24) is 0 Å². The maximum atomic E-state index is 9.16. The van der Waals surface area contributed by atoms with E-state index in [9.17, 15) is 0 Å². The molecule has 0 aliphatic rings. The average Bonchev–Trinajstić information content (AvgIpc) is 2.74. The van der Waals surface area contributed by atoms with Crippen molar-refractivity contribution in [3.05, 3.63) is 0 Å². The lowest BCUT2D eigenvalue weighted by Gasteiger charge is -2.09. The highest BCUT2D eigenvalue weighted by atomic mass is 32.2. The van der Waals surface area contributed by atoms with Gasteiger partial charge in [0.15, 0.2) is 0 Å². The molecule has 0 fully saturated rings. The van der Waals surface area contributed by atoms with Crippen LogP contribution in [0.25, 0.3) is 0 Å². The molecule has 0 amide bonds. The number of rotatable bonds is 24. The predicted molar refractivity (Wildman–Crippen MR) is 115 cm³/mol. The molecule has 2 atom stereocenters. The molecule has 4 N–H and O–H groups in total. The van der Waals surface area contributed by atoms with Crippen LogP contribution in [0, 0.1) is 0 Å². The number of ether oxygens (including phenoxy) is 5. The van der Waals surface area contributed by atoms with Crippen molar-refractivity contribution in [2.24, 2.45) is 0 Å². The van der Waals surface area contributed by atoms with E-state index in [1.807, 2.05) is 0 Å². The number of aliphatic hydroxyl groups excluding tert-OH is 4. The fourth-order valence-electron chi connectivity index (χ4n) is 1.76. The van der Waals surface area contributed by atoms with E-state index in [2.05, 4.69) is 0 Å². The summed E-state index contributed by atoms with van der Waals surface area (Å²) in [5, 5.41) is 35.7. The maximum Gasteiger partial charge on any atom is 0.0861 e. The Morgan fingerprint density at radius 2 is 0.759 bits per heavy atom. The summed E-state index contributed by atoms with van der Waals surface area (Å²) in [5.74, 6) is 2.58. The summed E-state index contributed by atoms with van der Waals surface area (Å²) in [6.45, 7) is 4.87. The molecule has 0 aliphatic heterocycles. The van der Waals surface area contributed by atoms with E-state index in [-0.39, 0.29) is 13.2 Å². The summed E-state index contributed by atoms with van der Waals surface area (Å²) in [7, 11) is 0. The molecule has 2 unspecified atom stereocenters. The minimum Gasteiger partial charge on any atom is -0.394 e. The lowest BCUT2D eigenvalue weighted by Crippen LogP contribution is -2.16. The van der Waals surface area contributed by atoms with E-state index in [0.29, 0.717) is 77.6 Å². The quantitative estimate of drug-likeness (QED) is 0.135. The Hall–Kier alpha value is 0.340. The third kappa shape index (κ3) is 24.5. The third-order valence-electron chi connectivity index (χ3n) is 3.27. The highest BCUT2D eigenvalue weighted by Crippen LogP contribution is 2.03. The van der Waals surface area contributed by atoms with Gasteiger partial charge in [0.2, 0.25) is 0 Å². The molecule has 0 saturated heterocycles. The van der Waals surface area contributed by atoms with E-state index >= 15 is 0 Å². The lowest BCUT2D eigenvalue weighted by atomic mass is 10.4. The highest BCUT2D eigenvalue weighted by molar-refractivity contribution is 7.99. The van der Waals surface area contributed by atoms with Crippen molar-refractivity contribution in [2.75, 3.05) is 102 Å². The Balaban J connectivity index is 3.03. The largest absolute Gasteiger partial charge is 0.394 e. The van der Waals surface area contributed by atoms with Crippen LogP contribution in [0.1, 0.15) is 0 Å². The zero-order valence-corrected chi connectivity index (χ0v) is 18.7. The molecule has 0 spiro atoms. The third-order valence-corrected chi connectivity index (χ3v) is 5.43. The maximum absolute atomic E-state index is 9.16. The molecule has 0 aliphatic carbocycles. The van der Waals surface area contributed by atoms with Gasteiger partial charge in [0.1, 0.15) is 0 Å². The number of aliphatic hydroxyl groups is 4. The molecule has 0 saturated carbocycles. The van der Waals surface area contributed by atoms with Crippen LogP contribution in [0.5, 0.6) is 0 Å². The Bertz CT molecular complexity index is 289. The summed E-state index contributed by atoms with van der Waals surface area (Å²) in [5.41, 5.74) is 0. The number of hydrogen-bond acceptors (Lipinski definition) is 11. The molecule has 29 heavy (non-hydrogen) atoms. The van der Waals surface area contributed by atoms with Gasteiger partial charge in [0.05, 0.1) is 91.5 Å². The highest BCUT2D eigenvalue weighted by Gasteiger charge is 2.02. The second-order valence-corrected chi connectivity index (χ2v) is 8.18. The summed E-state index contributed by atoms with van der Waals surface area (Å²) in [6.07, 6.45) is -1.31. The van der Waals surface area contributed by atoms with Crippen molar-refractivity contribution in [1.29, 1.82) is 0 Å². The number of thioether (sulfide) groups is 2. The lowest BCUT2D eigenvalue weighted by molar-refractivity contribution is -0.00903. The van der Waals surface area contributed by atoms with Crippen molar-refractivity contribution in [3.8, 4) is 0 Å². The molecule has 176 valence electrons. The molecule has 0 aromatic heterocycles. The molecular weight excluding hydrogens is 424 g/mol. The van der Waals surface area contributed by atoms with Gasteiger partial charge in [-0.25, -0.2) is 0 Å². The van der Waals surface area contributed by atoms with Gasteiger partial charge in [0.25, 0.3) is 0 Å². The van der Waals surface area contributed by atoms with Gasteiger partial charge < -0.3 is 44.1 Å². The topological polar surface area (TPSA) is 127 Å². The first-order chi connectivity index (χ1) is 14.2. The average molecular weight is 463 g/mol. The molecule has 9 nitrogen and oxygen atoms in total. The molecule has 0 bridgehead atoms. The van der Waals surface area contributed by atoms with Gasteiger partial charge >= 0.3 is 0 Å². The van der Waals surface area contributed by atoms with Gasteiger partial charge in [-0.3, -0.25) is 0 Å². The summed E-state index contributed by atoms with van der Waals surface area (Å²) >= 11 is 3.09. The van der Waals surface area contributed by atoms with Crippen LogP contribution in [0.2, 0.25) is 0 Å². The fraction of sp³-hybridized carbons (Fsp3) is 1.00. The summed E-state index contributed by atoms with van der Waals surface area (Å²) in [6, 6.07) is 0. The van der Waals surface area contributed by atoms with Crippen LogP contribution in [0.4, 0.5) is 0 Å². The normalized spacial score (nSPS) is 13.7. The SMILES string of the molecule is OCC(O)CSCCOCCOCCOCCOCCOCCSCC(O)CO. The van der Waals surface area contributed by atoms with Crippen molar-refractivity contribution in [2.45, 2.75) is 12.2 Å². The molecule has 0 radical (unpaired) electrons. The molecule has 0 heterocycles. The zero-order chi connectivity index (χ0) is 21.4. The number of hydrogen-bond donors (Lipinski definition) is 4. The van der Waals surface area contributed by atoms with Gasteiger partial charge in [0, 0.05) is 23.0 Å². The van der Waals surface area contributed by atoms with E-state index in [0.717, 1.165) is 11.5 Å². The van der Waals surface area contributed by atoms with E-state index in [4.69, 9.17) is 44.1 Å². The second kappa shape index (κ2) is 24.6. The molecule has 11 heteroatoms. The minimum atomic E-state index is -0.656. The molecule has 0 rings (SSSR count). The van der Waals surface area contributed by atoms with Crippen LogP contribution in [-0.2, 0) is 23.7 Å². The Kier molecular flexibility index (Phi) is 24.9. The van der Waals surface area contributed by atoms with Crippen LogP contribution in [0.3, 0.4) is 0 Å². The summed E-state index contributed by atoms with van der Waals surface area (Å²) < 4.78 is 27.0. The minimum absolute atomic E-state index is 0.204. The monoisotopic (exact) mass is 462 g/mol. The first-order valence-corrected chi connectivity index (χ1v) is 12.1. The van der Waals surface area contributed by atoms with Crippen molar-refractivity contribution in [3.63, 3.8) is 0 Å². The predicted octanol–water partition coefficient (Wildman–Crippen LogP) is -0.758. The van der Waals surface area contributed by atoms with Crippen LogP contribution >= 0.6 is 23.5 Å². The van der Waals surface area contributed by atoms with E-state index in [1.54, 1.807) is 23.5 Å². The first kappa shape index (κ1) is 29.3. The smallest absolute Gasteiger partial charge is 0.0861 e. The molecular formula is C18H38O9S2. The van der Waals surface area contributed by atoms with Crippen LogP contribution in [0.15, 0.2) is 0 Å². The fourth-order valence-corrected chi connectivity index (χ4v) is 3.32. The Morgan fingerprint density at radius 1 is 0.483 bits per heavy atom. The van der Waals surface area contributed by atoms with E-state index in [1.165, 1.54) is 0 Å². The van der Waals surface area contributed by atoms with Crippen molar-refractivity contribution >= 4 is 23.5 Å². The van der Waals surface area contributed by atoms with Crippen LogP contribution < -0.4 is 0 Å². The molecule has 0 aromatic rings. The van der Waals surface area contributed by atoms with Gasteiger partial charge in [-0.15, -0.1) is 0 Å². The molecule has 0 aromatic carbocycles. The second-order valence-electron chi connectivity index (χ2n) is 5.88. The van der Waals surface area contributed by atoms with E-state index < -0.39 is 12.2 Å². The van der Waals surface area contributed by atoms with Gasteiger partial charge in [-0.2, -0.15) is 23.5 Å². The Labute approximate surface area is 182 Å². The van der Waals surface area contributed by atoms with Gasteiger partial charge in [-0.1, -0.05) is 0 Å². The standard InChI is InChI=1S/C18H38O9S2/c19-13-17(21)15-28-11-9-26-7-5-24-3-1-23-2-4-25-6-8-27-10-12-29-16-18(22)14-20/h17-22H,1-16H2. The Morgan fingerprint density at radius 3 is 1.03 bits per heavy atom.